The van der Waals surface area contributed by atoms with Crippen LogP contribution < -0.4 is 20.7 Å². The molecule has 0 aliphatic heterocycles. The number of hydrogen-bond donors (Lipinski definition) is 1. The lowest BCUT2D eigenvalue weighted by Gasteiger charge is -2.29. The van der Waals surface area contributed by atoms with Crippen molar-refractivity contribution >= 4 is 24.5 Å². The summed E-state index contributed by atoms with van der Waals surface area (Å²) < 4.78 is 0. The highest BCUT2D eigenvalue weighted by Crippen LogP contribution is 2.21. The van der Waals surface area contributed by atoms with E-state index in [-0.39, 0.29) is 5.54 Å². The molecular weight excluding hydrogens is 472 g/mol. The van der Waals surface area contributed by atoms with E-state index in [1.807, 2.05) is 27.7 Å². The number of nitrogens with zero attached hydrogens (tertiary/aromatic N) is 1. The molecule has 0 fully saturated rings. The van der Waals surface area contributed by atoms with Crippen molar-refractivity contribution in [3.05, 3.63) is 69.1 Å². The van der Waals surface area contributed by atoms with Crippen LogP contribution in [0.3, 0.4) is 0 Å². The molecule has 0 amide bonds. The first-order valence-electron chi connectivity index (χ1n) is 15.3. The van der Waals surface area contributed by atoms with Crippen molar-refractivity contribution in [2.75, 3.05) is 19.0 Å². The molecule has 0 aliphatic rings. The van der Waals surface area contributed by atoms with Gasteiger partial charge in [-0.3, -0.25) is 0 Å². The molecular formula is C37H64N2. The van der Waals surface area contributed by atoms with E-state index < -0.39 is 0 Å². The number of anilines is 1. The van der Waals surface area contributed by atoms with Gasteiger partial charge >= 0.3 is 0 Å². The second-order valence-electron chi connectivity index (χ2n) is 11.3. The van der Waals surface area contributed by atoms with Crippen LogP contribution in [-0.4, -0.2) is 19.6 Å². The van der Waals surface area contributed by atoms with Gasteiger partial charge in [0.1, 0.15) is 0 Å². The van der Waals surface area contributed by atoms with Gasteiger partial charge in [-0.05, 0) is 97.3 Å². The van der Waals surface area contributed by atoms with Crippen LogP contribution in [0, 0.1) is 19.8 Å². The molecule has 39 heavy (non-hydrogen) atoms. The molecule has 0 bridgehead atoms. The minimum Gasteiger partial charge on any atom is -0.380 e. The zero-order chi connectivity index (χ0) is 30.9. The van der Waals surface area contributed by atoms with Gasteiger partial charge in [0.15, 0.2) is 0 Å². The van der Waals surface area contributed by atoms with Crippen molar-refractivity contribution in [3.8, 4) is 0 Å². The fraction of sp³-hybridized carbons (Fsp3) is 0.568. The predicted octanol–water partition coefficient (Wildman–Crippen LogP) is 9.41. The van der Waals surface area contributed by atoms with Crippen LogP contribution in [0.1, 0.15) is 123 Å². The molecule has 0 spiro atoms. The second-order valence-corrected chi connectivity index (χ2v) is 11.3. The summed E-state index contributed by atoms with van der Waals surface area (Å²) in [5, 5.41) is 5.71. The number of hydrogen-bond acceptors (Lipinski definition) is 2. The van der Waals surface area contributed by atoms with E-state index in [2.05, 4.69) is 124 Å². The second kappa shape index (κ2) is 19.6. The highest BCUT2D eigenvalue weighted by molar-refractivity contribution is 5.65. The van der Waals surface area contributed by atoms with Crippen LogP contribution in [0.4, 0.5) is 5.69 Å². The highest BCUT2D eigenvalue weighted by Gasteiger charge is 2.18. The van der Waals surface area contributed by atoms with Gasteiger partial charge in [-0.1, -0.05) is 100 Å². The van der Waals surface area contributed by atoms with Crippen LogP contribution in [0.15, 0.2) is 30.8 Å². The van der Waals surface area contributed by atoms with Crippen molar-refractivity contribution < 1.29 is 0 Å². The molecule has 222 valence electrons. The molecule has 0 saturated carbocycles. The molecule has 2 nitrogen and oxygen atoms in total. The van der Waals surface area contributed by atoms with Crippen molar-refractivity contribution in [1.82, 2.24) is 5.32 Å². The van der Waals surface area contributed by atoms with Gasteiger partial charge in [0, 0.05) is 36.6 Å². The molecule has 0 saturated heterocycles. The fourth-order valence-corrected chi connectivity index (χ4v) is 4.52. The summed E-state index contributed by atoms with van der Waals surface area (Å²) >= 11 is 0. The first kappa shape index (κ1) is 38.7. The van der Waals surface area contributed by atoms with Crippen LogP contribution in [-0.2, 0) is 6.42 Å². The van der Waals surface area contributed by atoms with E-state index in [1.165, 1.54) is 40.8 Å². The first-order valence-corrected chi connectivity index (χ1v) is 15.3. The molecule has 2 heteroatoms. The van der Waals surface area contributed by atoms with Gasteiger partial charge in [0.2, 0.25) is 0 Å². The lowest BCUT2D eigenvalue weighted by atomic mass is 9.91. The third-order valence-corrected chi connectivity index (χ3v) is 6.71. The van der Waals surface area contributed by atoms with Gasteiger partial charge in [0.25, 0.3) is 0 Å². The van der Waals surface area contributed by atoms with Crippen molar-refractivity contribution in [2.45, 2.75) is 121 Å². The Morgan fingerprint density at radius 1 is 0.949 bits per heavy atom. The topological polar surface area (TPSA) is 15.3 Å². The molecule has 0 heterocycles. The Morgan fingerprint density at radius 2 is 1.51 bits per heavy atom. The third-order valence-electron chi connectivity index (χ3n) is 6.71. The average Bonchev–Trinajstić information content (AvgIpc) is 2.87. The molecule has 0 atom stereocenters. The van der Waals surface area contributed by atoms with Gasteiger partial charge in [-0.25, -0.2) is 0 Å². The highest BCUT2D eigenvalue weighted by atomic mass is 15.1. The number of rotatable bonds is 10. The van der Waals surface area contributed by atoms with Gasteiger partial charge < -0.3 is 10.2 Å². The monoisotopic (exact) mass is 537 g/mol. The Kier molecular flexibility index (Phi) is 19.4. The van der Waals surface area contributed by atoms with E-state index in [1.54, 1.807) is 0 Å². The summed E-state index contributed by atoms with van der Waals surface area (Å²) in [6, 6.07) is 8.77. The minimum absolute atomic E-state index is 0.00128. The summed E-state index contributed by atoms with van der Waals surface area (Å²) in [5.41, 5.74) is 8.31. The molecule has 0 aromatic heterocycles. The van der Waals surface area contributed by atoms with Crippen LogP contribution in [0.25, 0.3) is 18.9 Å². The van der Waals surface area contributed by atoms with Crippen molar-refractivity contribution in [1.29, 1.82) is 0 Å². The average molecular weight is 537 g/mol. The number of aryl methyl sites for hydroxylation is 1. The van der Waals surface area contributed by atoms with E-state index in [4.69, 9.17) is 0 Å². The van der Waals surface area contributed by atoms with Crippen molar-refractivity contribution in [2.24, 2.45) is 5.92 Å². The Hall–Kier alpha value is -2.48. The first-order chi connectivity index (χ1) is 18.2. The molecule has 0 unspecified atom stereocenters. The van der Waals surface area contributed by atoms with Crippen LogP contribution >= 0.6 is 0 Å². The van der Waals surface area contributed by atoms with Gasteiger partial charge in [0.05, 0.1) is 0 Å². The van der Waals surface area contributed by atoms with E-state index >= 15 is 0 Å². The summed E-state index contributed by atoms with van der Waals surface area (Å²) in [6.07, 6.45) is 5.77. The quantitative estimate of drug-likeness (QED) is 0.325. The maximum atomic E-state index is 4.46. The molecule has 2 aromatic rings. The summed E-state index contributed by atoms with van der Waals surface area (Å²) in [5.74, 6) is 0.898. The Labute approximate surface area is 244 Å². The van der Waals surface area contributed by atoms with Gasteiger partial charge in [-0.15, -0.1) is 0 Å². The predicted molar refractivity (Wildman–Crippen MR) is 183 cm³/mol. The summed E-state index contributed by atoms with van der Waals surface area (Å²) in [7, 11) is 4.16. The minimum atomic E-state index is 0.00128. The molecule has 0 aliphatic carbocycles. The number of benzene rings is 2. The smallest absolute Gasteiger partial charge is 0.0364 e. The van der Waals surface area contributed by atoms with Crippen LogP contribution in [0.5, 0.6) is 0 Å². The van der Waals surface area contributed by atoms with E-state index in [9.17, 15) is 0 Å². The zero-order valence-electron chi connectivity index (χ0n) is 28.5. The summed E-state index contributed by atoms with van der Waals surface area (Å²) in [4.78, 5) is 2.14. The third kappa shape index (κ3) is 13.4. The zero-order valence-corrected chi connectivity index (χ0v) is 28.5. The molecule has 1 N–H and O–H groups in total. The molecule has 2 aromatic carbocycles. The Bertz CT molecular complexity index is 1070. The Balaban J connectivity index is 0. The number of nitrogens with one attached hydrogen (secondary N) is 1. The fourth-order valence-electron chi connectivity index (χ4n) is 4.52. The summed E-state index contributed by atoms with van der Waals surface area (Å²) in [6.45, 7) is 38.8. The van der Waals surface area contributed by atoms with E-state index in [0.717, 1.165) is 46.9 Å². The SMILES string of the molecule is C=C(NC(C)(C)CCC)c1cc(=C)c(C)c(Cc2cc(N(C)C)ccc2C)c1=C.CC.CC.CCCC(C)C. The maximum absolute atomic E-state index is 4.46. The van der Waals surface area contributed by atoms with E-state index in [0.29, 0.717) is 0 Å². The lowest BCUT2D eigenvalue weighted by Crippen LogP contribution is -2.39. The largest absolute Gasteiger partial charge is 0.380 e. The standard InChI is InChI=1S/C27H38N2.C6H14.2C2H6/c1-11-14-27(7,8)28-22(6)26-15-19(3)20(4)25(21(26)5)17-23-16-24(29(9)10)13-12-18(23)2;1-4-5-6(2)3;2*1-2/h12-13,15-16,28H,3,5-6,11,14,17H2,1-2,4,7-10H3;6H,4-5H2,1-3H3;2*1-2H3. The van der Waals surface area contributed by atoms with Crippen LogP contribution in [0.2, 0.25) is 0 Å². The Morgan fingerprint density at radius 3 is 1.95 bits per heavy atom. The molecule has 0 radical (unpaired) electrons. The maximum Gasteiger partial charge on any atom is 0.0364 e. The lowest BCUT2D eigenvalue weighted by molar-refractivity contribution is 0.413. The van der Waals surface area contributed by atoms with Crippen molar-refractivity contribution in [3.63, 3.8) is 0 Å². The normalized spacial score (nSPS) is 10.3. The van der Waals surface area contributed by atoms with Gasteiger partial charge in [-0.2, -0.15) is 0 Å². The molecule has 2 rings (SSSR count).